The van der Waals surface area contributed by atoms with Gasteiger partial charge >= 0.3 is 0 Å². The molecular weight excluding hydrogens is 442 g/mol. The van der Waals surface area contributed by atoms with E-state index >= 15 is 0 Å². The molecule has 0 spiro atoms. The lowest BCUT2D eigenvalue weighted by Gasteiger charge is -2.40. The van der Waals surface area contributed by atoms with Crippen LogP contribution in [0.3, 0.4) is 0 Å². The highest BCUT2D eigenvalue weighted by molar-refractivity contribution is 5.94. The molecule has 4 rings (SSSR count). The Hall–Kier alpha value is -3.06. The maximum Gasteiger partial charge on any atom is 0.253 e. The summed E-state index contributed by atoms with van der Waals surface area (Å²) in [6, 6.07) is 15.1. The monoisotopic (exact) mass is 479 g/mol. The number of ether oxygens (including phenoxy) is 2. The highest BCUT2D eigenvalue weighted by atomic mass is 16.5. The van der Waals surface area contributed by atoms with Gasteiger partial charge in [-0.05, 0) is 61.1 Å². The second kappa shape index (κ2) is 12.1. The highest BCUT2D eigenvalue weighted by Gasteiger charge is 2.37. The average Bonchev–Trinajstić information content (AvgIpc) is 3.43. The Morgan fingerprint density at radius 3 is 2.29 bits per heavy atom. The summed E-state index contributed by atoms with van der Waals surface area (Å²) >= 11 is 0. The molecule has 1 saturated heterocycles. The zero-order valence-electron chi connectivity index (χ0n) is 20.9. The summed E-state index contributed by atoms with van der Waals surface area (Å²) in [5, 5.41) is 3.20. The number of methoxy groups -OCH3 is 2. The van der Waals surface area contributed by atoms with E-state index in [9.17, 15) is 9.59 Å². The van der Waals surface area contributed by atoms with Crippen molar-refractivity contribution < 1.29 is 19.1 Å². The number of para-hydroxylation sites is 1. The second-order valence-electron chi connectivity index (χ2n) is 9.40. The van der Waals surface area contributed by atoms with E-state index in [2.05, 4.69) is 10.2 Å². The number of hydrogen-bond donors (Lipinski definition) is 1. The summed E-state index contributed by atoms with van der Waals surface area (Å²) in [4.78, 5) is 30.6. The number of benzene rings is 2. The molecule has 1 atom stereocenters. The molecule has 0 unspecified atom stereocenters. The molecule has 1 saturated carbocycles. The minimum Gasteiger partial charge on any atom is -0.497 e. The summed E-state index contributed by atoms with van der Waals surface area (Å²) in [5.74, 6) is 2.12. The lowest BCUT2D eigenvalue weighted by atomic mass is 9.94. The first-order chi connectivity index (χ1) is 17.1. The number of piperazine rings is 1. The van der Waals surface area contributed by atoms with E-state index in [1.54, 1.807) is 14.2 Å². The third-order valence-electron chi connectivity index (χ3n) is 7.33. The Labute approximate surface area is 208 Å². The van der Waals surface area contributed by atoms with Gasteiger partial charge in [0.25, 0.3) is 5.91 Å². The van der Waals surface area contributed by atoms with Crippen LogP contribution in [0.15, 0.2) is 48.5 Å². The van der Waals surface area contributed by atoms with Crippen molar-refractivity contribution in [2.45, 2.75) is 38.1 Å². The largest absolute Gasteiger partial charge is 0.497 e. The van der Waals surface area contributed by atoms with Gasteiger partial charge in [0, 0.05) is 38.3 Å². The van der Waals surface area contributed by atoms with Gasteiger partial charge in [-0.15, -0.1) is 0 Å². The van der Waals surface area contributed by atoms with Crippen molar-refractivity contribution in [3.8, 4) is 11.5 Å². The molecule has 0 bridgehead atoms. The SMILES string of the molecule is COc1ccc(C(=O)N2CCN([C@H](C(=O)NCCc3ccccc3OC)C3CCCC3)CC2)cc1. The Bertz CT molecular complexity index is 980. The topological polar surface area (TPSA) is 71.1 Å². The number of hydrogen-bond acceptors (Lipinski definition) is 5. The molecule has 188 valence electrons. The summed E-state index contributed by atoms with van der Waals surface area (Å²) < 4.78 is 10.6. The Balaban J connectivity index is 1.34. The molecule has 2 aliphatic rings. The van der Waals surface area contributed by atoms with Gasteiger partial charge in [0.05, 0.1) is 20.3 Å². The van der Waals surface area contributed by atoms with Gasteiger partial charge in [0.15, 0.2) is 0 Å². The van der Waals surface area contributed by atoms with E-state index in [-0.39, 0.29) is 17.9 Å². The van der Waals surface area contributed by atoms with Crippen LogP contribution in [0.25, 0.3) is 0 Å². The third kappa shape index (κ3) is 6.14. The van der Waals surface area contributed by atoms with Gasteiger partial charge in [-0.25, -0.2) is 0 Å². The number of amides is 2. The number of nitrogens with zero attached hydrogens (tertiary/aromatic N) is 2. The van der Waals surface area contributed by atoms with Crippen molar-refractivity contribution in [3.63, 3.8) is 0 Å². The zero-order valence-corrected chi connectivity index (χ0v) is 20.9. The minimum absolute atomic E-state index is 0.0333. The number of rotatable bonds is 9. The fraction of sp³-hybridized carbons (Fsp3) is 0.500. The average molecular weight is 480 g/mol. The van der Waals surface area contributed by atoms with Crippen LogP contribution in [0.5, 0.6) is 11.5 Å². The second-order valence-corrected chi connectivity index (χ2v) is 9.40. The maximum atomic E-state index is 13.4. The van der Waals surface area contributed by atoms with Crippen LogP contribution < -0.4 is 14.8 Å². The van der Waals surface area contributed by atoms with Crippen LogP contribution in [0.1, 0.15) is 41.6 Å². The van der Waals surface area contributed by atoms with E-state index < -0.39 is 0 Å². The lowest BCUT2D eigenvalue weighted by molar-refractivity contribution is -0.129. The molecule has 7 heteroatoms. The lowest BCUT2D eigenvalue weighted by Crippen LogP contribution is -2.58. The first-order valence-corrected chi connectivity index (χ1v) is 12.7. The van der Waals surface area contributed by atoms with Gasteiger partial charge in [-0.3, -0.25) is 14.5 Å². The van der Waals surface area contributed by atoms with Gasteiger partial charge < -0.3 is 19.7 Å². The summed E-state index contributed by atoms with van der Waals surface area (Å²) in [5.41, 5.74) is 1.76. The maximum absolute atomic E-state index is 13.4. The van der Waals surface area contributed by atoms with Crippen LogP contribution >= 0.6 is 0 Å². The summed E-state index contributed by atoms with van der Waals surface area (Å²) in [6.07, 6.45) is 5.29. The Kier molecular flexibility index (Phi) is 8.64. The van der Waals surface area contributed by atoms with E-state index in [1.165, 1.54) is 12.8 Å². The predicted molar refractivity (Wildman–Crippen MR) is 136 cm³/mol. The van der Waals surface area contributed by atoms with Gasteiger partial charge in [-0.1, -0.05) is 31.0 Å². The molecule has 1 aliphatic heterocycles. The molecule has 2 aromatic carbocycles. The summed E-state index contributed by atoms with van der Waals surface area (Å²) in [7, 11) is 3.29. The molecule has 0 radical (unpaired) electrons. The van der Waals surface area contributed by atoms with Gasteiger partial charge in [0.2, 0.25) is 5.91 Å². The molecule has 2 amide bonds. The van der Waals surface area contributed by atoms with E-state index in [0.717, 1.165) is 36.3 Å². The molecule has 2 aromatic rings. The fourth-order valence-electron chi connectivity index (χ4n) is 5.40. The Morgan fingerprint density at radius 2 is 1.63 bits per heavy atom. The van der Waals surface area contributed by atoms with E-state index in [1.807, 2.05) is 53.4 Å². The molecule has 1 N–H and O–H groups in total. The zero-order chi connectivity index (χ0) is 24.6. The van der Waals surface area contributed by atoms with Crippen LogP contribution in [0.2, 0.25) is 0 Å². The first-order valence-electron chi connectivity index (χ1n) is 12.7. The van der Waals surface area contributed by atoms with Crippen LogP contribution in [0, 0.1) is 5.92 Å². The van der Waals surface area contributed by atoms with E-state index in [0.29, 0.717) is 44.2 Å². The molecule has 0 aromatic heterocycles. The summed E-state index contributed by atoms with van der Waals surface area (Å²) in [6.45, 7) is 3.26. The first kappa shape index (κ1) is 25.0. The normalized spacial score (nSPS) is 17.7. The van der Waals surface area contributed by atoms with E-state index in [4.69, 9.17) is 9.47 Å². The fourth-order valence-corrected chi connectivity index (χ4v) is 5.40. The molecule has 1 heterocycles. The highest BCUT2D eigenvalue weighted by Crippen LogP contribution is 2.31. The van der Waals surface area contributed by atoms with Crippen molar-refractivity contribution in [2.24, 2.45) is 5.92 Å². The molecule has 35 heavy (non-hydrogen) atoms. The number of carbonyl (C=O) groups excluding carboxylic acids is 2. The predicted octanol–water partition coefficient (Wildman–Crippen LogP) is 3.38. The van der Waals surface area contributed by atoms with Crippen molar-refractivity contribution in [1.82, 2.24) is 15.1 Å². The minimum atomic E-state index is -0.131. The molecule has 7 nitrogen and oxygen atoms in total. The quantitative estimate of drug-likeness (QED) is 0.597. The van der Waals surface area contributed by atoms with Crippen molar-refractivity contribution >= 4 is 11.8 Å². The van der Waals surface area contributed by atoms with Crippen molar-refractivity contribution in [1.29, 1.82) is 0 Å². The third-order valence-corrected chi connectivity index (χ3v) is 7.33. The van der Waals surface area contributed by atoms with Gasteiger partial charge in [-0.2, -0.15) is 0 Å². The van der Waals surface area contributed by atoms with Crippen molar-refractivity contribution in [3.05, 3.63) is 59.7 Å². The van der Waals surface area contributed by atoms with Crippen LogP contribution in [-0.2, 0) is 11.2 Å². The number of carbonyl (C=O) groups is 2. The Morgan fingerprint density at radius 1 is 0.943 bits per heavy atom. The smallest absolute Gasteiger partial charge is 0.253 e. The van der Waals surface area contributed by atoms with Crippen molar-refractivity contribution in [2.75, 3.05) is 46.9 Å². The number of nitrogens with one attached hydrogen (secondary N) is 1. The van der Waals surface area contributed by atoms with Crippen LogP contribution in [0.4, 0.5) is 0 Å². The molecule has 2 fully saturated rings. The standard InChI is InChI=1S/C28H37N3O4/c1-34-24-13-11-23(12-14-24)28(33)31-19-17-30(18-20-31)26(22-8-3-4-9-22)27(32)29-16-15-21-7-5-6-10-25(21)35-2/h5-7,10-14,22,26H,3-4,8-9,15-20H2,1-2H3,(H,29,32)/t26-/m0/s1. The van der Waals surface area contributed by atoms with Gasteiger partial charge in [0.1, 0.15) is 11.5 Å². The van der Waals surface area contributed by atoms with Crippen LogP contribution in [-0.4, -0.2) is 74.6 Å². The molecular formula is C28H37N3O4. The molecule has 1 aliphatic carbocycles.